The summed E-state index contributed by atoms with van der Waals surface area (Å²) in [4.78, 5) is 11.2. The van der Waals surface area contributed by atoms with Crippen molar-refractivity contribution in [3.8, 4) is 0 Å². The van der Waals surface area contributed by atoms with Crippen molar-refractivity contribution in [3.05, 3.63) is 35.4 Å². The average molecular weight is 190 g/mol. The van der Waals surface area contributed by atoms with Crippen LogP contribution in [0.5, 0.6) is 0 Å². The third kappa shape index (κ3) is 1.02. The van der Waals surface area contributed by atoms with Gasteiger partial charge in [0.05, 0.1) is 0 Å². The van der Waals surface area contributed by atoms with Crippen LogP contribution in [-0.2, 0) is 9.47 Å². The Morgan fingerprint density at radius 2 is 1.50 bits per heavy atom. The van der Waals surface area contributed by atoms with Gasteiger partial charge in [-0.05, 0) is 24.0 Å². The third-order valence-corrected chi connectivity index (χ3v) is 2.86. The molecule has 0 N–H and O–H groups in total. The van der Waals surface area contributed by atoms with E-state index >= 15 is 0 Å². The van der Waals surface area contributed by atoms with Gasteiger partial charge < -0.3 is 9.47 Å². The lowest BCUT2D eigenvalue weighted by atomic mass is 9.87. The van der Waals surface area contributed by atoms with Crippen LogP contribution in [0, 0.1) is 0 Å². The quantitative estimate of drug-likeness (QED) is 0.590. The summed E-state index contributed by atoms with van der Waals surface area (Å²) in [5.41, 5.74) is 2.21. The molecule has 2 heterocycles. The molecule has 1 aromatic carbocycles. The molecule has 2 bridgehead atoms. The number of rotatable bonds is 0. The third-order valence-electron chi connectivity index (χ3n) is 2.86. The van der Waals surface area contributed by atoms with Crippen LogP contribution in [0.2, 0.25) is 0 Å². The summed E-state index contributed by atoms with van der Waals surface area (Å²) in [6.45, 7) is 0. The fourth-order valence-electron chi connectivity index (χ4n) is 2.22. The highest BCUT2D eigenvalue weighted by Gasteiger charge is 2.36. The SMILES string of the molecule is O=C1OC2CCC(O1)c1ccccc12. The second kappa shape index (κ2) is 2.74. The molecular weight excluding hydrogens is 180 g/mol. The molecule has 0 radical (unpaired) electrons. The number of carbonyl (C=O) groups is 1. The van der Waals surface area contributed by atoms with Crippen LogP contribution >= 0.6 is 0 Å². The summed E-state index contributed by atoms with van der Waals surface area (Å²) in [6, 6.07) is 7.95. The maximum Gasteiger partial charge on any atom is 0.509 e. The van der Waals surface area contributed by atoms with Crippen LogP contribution in [-0.4, -0.2) is 6.16 Å². The minimum absolute atomic E-state index is 0.0996. The van der Waals surface area contributed by atoms with Gasteiger partial charge in [-0.15, -0.1) is 0 Å². The van der Waals surface area contributed by atoms with E-state index in [0.29, 0.717) is 0 Å². The summed E-state index contributed by atoms with van der Waals surface area (Å²) in [5.74, 6) is 0. The van der Waals surface area contributed by atoms with Crippen molar-refractivity contribution < 1.29 is 14.3 Å². The van der Waals surface area contributed by atoms with E-state index in [1.807, 2.05) is 24.3 Å². The first-order valence-electron chi connectivity index (χ1n) is 4.80. The molecule has 1 aromatic rings. The number of ether oxygens (including phenoxy) is 2. The van der Waals surface area contributed by atoms with Gasteiger partial charge in [0.15, 0.2) is 0 Å². The molecule has 0 spiro atoms. The molecule has 1 fully saturated rings. The van der Waals surface area contributed by atoms with Crippen LogP contribution in [0.15, 0.2) is 24.3 Å². The van der Waals surface area contributed by atoms with Gasteiger partial charge in [0, 0.05) is 0 Å². The standard InChI is InChI=1S/C11H10O3/c12-11-13-9-5-6-10(14-11)8-4-2-1-3-7(8)9/h1-4,9-10H,5-6H2. The molecule has 0 saturated carbocycles. The highest BCUT2D eigenvalue weighted by atomic mass is 16.7. The molecule has 2 unspecified atom stereocenters. The second-order valence-corrected chi connectivity index (χ2v) is 3.67. The van der Waals surface area contributed by atoms with E-state index in [-0.39, 0.29) is 12.2 Å². The lowest BCUT2D eigenvalue weighted by Gasteiger charge is -2.23. The first-order chi connectivity index (χ1) is 6.84. The predicted molar refractivity (Wildman–Crippen MR) is 48.7 cm³/mol. The van der Waals surface area contributed by atoms with Crippen molar-refractivity contribution in [1.29, 1.82) is 0 Å². The average Bonchev–Trinajstić information content (AvgIpc) is 2.47. The molecule has 0 aromatic heterocycles. The summed E-state index contributed by atoms with van der Waals surface area (Å²) in [5, 5.41) is 0. The zero-order valence-corrected chi connectivity index (χ0v) is 7.60. The Kier molecular flexibility index (Phi) is 1.54. The van der Waals surface area contributed by atoms with E-state index in [2.05, 4.69) is 0 Å². The molecule has 4 rings (SSSR count). The van der Waals surface area contributed by atoms with E-state index < -0.39 is 6.16 Å². The molecule has 0 amide bonds. The van der Waals surface area contributed by atoms with E-state index in [1.54, 1.807) is 0 Å². The Morgan fingerprint density at radius 3 is 2.00 bits per heavy atom. The van der Waals surface area contributed by atoms with Gasteiger partial charge in [-0.3, -0.25) is 0 Å². The zero-order chi connectivity index (χ0) is 9.54. The van der Waals surface area contributed by atoms with Crippen LogP contribution in [0.1, 0.15) is 36.2 Å². The topological polar surface area (TPSA) is 35.5 Å². The van der Waals surface area contributed by atoms with Crippen molar-refractivity contribution >= 4 is 6.16 Å². The smallest absolute Gasteiger partial charge is 0.426 e. The highest BCUT2D eigenvalue weighted by Crippen LogP contribution is 2.43. The Bertz CT molecular complexity index is 351. The van der Waals surface area contributed by atoms with E-state index in [1.165, 1.54) is 0 Å². The van der Waals surface area contributed by atoms with Gasteiger partial charge in [0.1, 0.15) is 12.2 Å². The Morgan fingerprint density at radius 1 is 1.00 bits per heavy atom. The van der Waals surface area contributed by atoms with Gasteiger partial charge in [-0.1, -0.05) is 24.3 Å². The molecule has 1 saturated heterocycles. The van der Waals surface area contributed by atoms with Crippen molar-refractivity contribution in [1.82, 2.24) is 0 Å². The first-order valence-corrected chi connectivity index (χ1v) is 4.80. The van der Waals surface area contributed by atoms with Crippen molar-refractivity contribution in [2.45, 2.75) is 25.0 Å². The van der Waals surface area contributed by atoms with Crippen LogP contribution in [0.25, 0.3) is 0 Å². The number of hydrogen-bond acceptors (Lipinski definition) is 3. The van der Waals surface area contributed by atoms with Crippen LogP contribution < -0.4 is 0 Å². The maximum absolute atomic E-state index is 11.2. The van der Waals surface area contributed by atoms with Crippen LogP contribution in [0.4, 0.5) is 4.79 Å². The number of benzene rings is 1. The molecule has 3 heteroatoms. The molecule has 14 heavy (non-hydrogen) atoms. The summed E-state index contributed by atoms with van der Waals surface area (Å²) >= 11 is 0. The van der Waals surface area contributed by atoms with Crippen molar-refractivity contribution in [2.24, 2.45) is 0 Å². The van der Waals surface area contributed by atoms with Gasteiger partial charge >= 0.3 is 6.16 Å². The summed E-state index contributed by atoms with van der Waals surface area (Å²) in [7, 11) is 0. The van der Waals surface area contributed by atoms with Gasteiger partial charge in [-0.2, -0.15) is 0 Å². The number of fused-ring (bicyclic) bond motifs is 3. The fourth-order valence-corrected chi connectivity index (χ4v) is 2.22. The Labute approximate surface area is 81.6 Å². The molecular formula is C11H10O3. The van der Waals surface area contributed by atoms with E-state index in [9.17, 15) is 4.79 Å². The minimum Gasteiger partial charge on any atom is -0.426 e. The van der Waals surface area contributed by atoms with Crippen molar-refractivity contribution in [3.63, 3.8) is 0 Å². The molecule has 2 aliphatic heterocycles. The van der Waals surface area contributed by atoms with E-state index in [0.717, 1.165) is 24.0 Å². The lowest BCUT2D eigenvalue weighted by Crippen LogP contribution is -2.11. The van der Waals surface area contributed by atoms with Crippen molar-refractivity contribution in [2.75, 3.05) is 0 Å². The zero-order valence-electron chi connectivity index (χ0n) is 7.60. The largest absolute Gasteiger partial charge is 0.509 e. The highest BCUT2D eigenvalue weighted by molar-refractivity contribution is 5.62. The molecule has 1 aliphatic carbocycles. The fraction of sp³-hybridized carbons (Fsp3) is 0.364. The normalized spacial score (nSPS) is 28.7. The molecule has 3 aliphatic rings. The first kappa shape index (κ1) is 7.85. The van der Waals surface area contributed by atoms with Gasteiger partial charge in [-0.25, -0.2) is 4.79 Å². The summed E-state index contributed by atoms with van der Waals surface area (Å²) < 4.78 is 10.3. The predicted octanol–water partition coefficient (Wildman–Crippen LogP) is 2.73. The van der Waals surface area contributed by atoms with Gasteiger partial charge in [0.25, 0.3) is 0 Å². The maximum atomic E-state index is 11.2. The van der Waals surface area contributed by atoms with E-state index in [4.69, 9.17) is 9.47 Å². The van der Waals surface area contributed by atoms with Crippen LogP contribution in [0.3, 0.4) is 0 Å². The number of hydrogen-bond donors (Lipinski definition) is 0. The van der Waals surface area contributed by atoms with Gasteiger partial charge in [0.2, 0.25) is 0 Å². The Balaban J connectivity index is 2.15. The summed E-state index contributed by atoms with van der Waals surface area (Å²) in [6.07, 6.45) is 1.00. The number of carbonyl (C=O) groups excluding carboxylic acids is 1. The monoisotopic (exact) mass is 190 g/mol. The lowest BCUT2D eigenvalue weighted by molar-refractivity contribution is 0.0323. The molecule has 3 nitrogen and oxygen atoms in total. The minimum atomic E-state index is -0.534. The molecule has 2 atom stereocenters. The molecule has 72 valence electrons. The Hall–Kier alpha value is -1.51. The second-order valence-electron chi connectivity index (χ2n) is 3.67.